The molecule has 2 rings (SSSR count). The van der Waals surface area contributed by atoms with Crippen LogP contribution in [0.15, 0.2) is 6.07 Å². The van der Waals surface area contributed by atoms with Crippen molar-refractivity contribution in [3.05, 3.63) is 17.5 Å². The minimum atomic E-state index is -0.00292. The van der Waals surface area contributed by atoms with Gasteiger partial charge in [-0.2, -0.15) is 5.10 Å². The summed E-state index contributed by atoms with van der Waals surface area (Å²) < 4.78 is 0. The number of aromatic nitrogens is 2. The van der Waals surface area contributed by atoms with Crippen molar-refractivity contribution in [2.24, 2.45) is 5.92 Å². The summed E-state index contributed by atoms with van der Waals surface area (Å²) in [5.41, 5.74) is 1.73. The van der Waals surface area contributed by atoms with Crippen molar-refractivity contribution >= 4 is 5.91 Å². The Hall–Kier alpha value is -1.36. The average Bonchev–Trinajstić information content (AvgIpc) is 2.65. The van der Waals surface area contributed by atoms with Gasteiger partial charge >= 0.3 is 0 Å². The fraction of sp³-hybridized carbons (Fsp3) is 0.714. The maximum Gasteiger partial charge on any atom is 0.226 e. The molecule has 5 heteroatoms. The Bertz CT molecular complexity index is 417. The number of aliphatic hydroxyl groups is 1. The molecule has 1 saturated carbocycles. The third-order valence-corrected chi connectivity index (χ3v) is 3.84. The molecule has 0 radical (unpaired) electrons. The quantitative estimate of drug-likeness (QED) is 0.718. The van der Waals surface area contributed by atoms with Crippen LogP contribution in [0.4, 0.5) is 0 Å². The van der Waals surface area contributed by atoms with Gasteiger partial charge in [0.05, 0.1) is 12.1 Å². The van der Waals surface area contributed by atoms with Crippen molar-refractivity contribution in [2.45, 2.75) is 51.5 Å². The van der Waals surface area contributed by atoms with Crippen LogP contribution in [0.5, 0.6) is 0 Å². The lowest BCUT2D eigenvalue weighted by Gasteiger charge is -2.24. The second-order valence-electron chi connectivity index (χ2n) is 5.47. The molecular formula is C14H23N3O2. The van der Waals surface area contributed by atoms with Crippen LogP contribution >= 0.6 is 0 Å². The van der Waals surface area contributed by atoms with E-state index in [-0.39, 0.29) is 24.5 Å². The van der Waals surface area contributed by atoms with Gasteiger partial charge in [0.25, 0.3) is 0 Å². The van der Waals surface area contributed by atoms with Crippen molar-refractivity contribution in [2.75, 3.05) is 6.61 Å². The van der Waals surface area contributed by atoms with Crippen LogP contribution in [0.25, 0.3) is 0 Å². The lowest BCUT2D eigenvalue weighted by molar-refractivity contribution is -0.121. The fourth-order valence-electron chi connectivity index (χ4n) is 2.78. The number of carbonyl (C=O) groups excluding carboxylic acids is 1. The first-order chi connectivity index (χ1) is 9.19. The zero-order chi connectivity index (χ0) is 13.7. The Morgan fingerprint density at radius 3 is 2.95 bits per heavy atom. The molecule has 0 aromatic carbocycles. The molecule has 3 N–H and O–H groups in total. The van der Waals surface area contributed by atoms with Crippen LogP contribution in [-0.4, -0.2) is 33.9 Å². The third-order valence-electron chi connectivity index (χ3n) is 3.84. The van der Waals surface area contributed by atoms with E-state index >= 15 is 0 Å². The van der Waals surface area contributed by atoms with E-state index in [1.165, 1.54) is 6.42 Å². The zero-order valence-electron chi connectivity index (χ0n) is 11.5. The van der Waals surface area contributed by atoms with Crippen LogP contribution in [0, 0.1) is 12.8 Å². The Kier molecular flexibility index (Phi) is 4.96. The summed E-state index contributed by atoms with van der Waals surface area (Å²) in [6.45, 7) is 2.08. The topological polar surface area (TPSA) is 78.0 Å². The molecule has 106 valence electrons. The summed E-state index contributed by atoms with van der Waals surface area (Å²) >= 11 is 0. The van der Waals surface area contributed by atoms with E-state index in [0.29, 0.717) is 6.42 Å². The zero-order valence-corrected chi connectivity index (χ0v) is 11.5. The molecule has 0 spiro atoms. The van der Waals surface area contributed by atoms with Gasteiger partial charge in [-0.15, -0.1) is 0 Å². The molecule has 2 atom stereocenters. The summed E-state index contributed by atoms with van der Waals surface area (Å²) in [5.74, 6) is 0.198. The highest BCUT2D eigenvalue weighted by atomic mass is 16.3. The SMILES string of the molecule is Cc1cc(CC(=O)NC2CCCCCC2CO)n[nH]1. The smallest absolute Gasteiger partial charge is 0.226 e. The molecule has 1 aromatic heterocycles. The summed E-state index contributed by atoms with van der Waals surface area (Å²) in [6.07, 6.45) is 5.75. The van der Waals surface area contributed by atoms with Crippen molar-refractivity contribution in [3.8, 4) is 0 Å². The van der Waals surface area contributed by atoms with Gasteiger partial charge in [0.1, 0.15) is 0 Å². The van der Waals surface area contributed by atoms with E-state index in [0.717, 1.165) is 37.1 Å². The number of nitrogens with zero attached hydrogens (tertiary/aromatic N) is 1. The molecule has 1 aliphatic rings. The van der Waals surface area contributed by atoms with Crippen molar-refractivity contribution < 1.29 is 9.90 Å². The van der Waals surface area contributed by atoms with Gasteiger partial charge in [0.15, 0.2) is 0 Å². The summed E-state index contributed by atoms with van der Waals surface area (Å²) in [5, 5.41) is 19.4. The molecule has 1 amide bonds. The second-order valence-corrected chi connectivity index (χ2v) is 5.47. The molecule has 1 aliphatic carbocycles. The minimum absolute atomic E-state index is 0.00292. The molecule has 1 fully saturated rings. The summed E-state index contributed by atoms with van der Waals surface area (Å²) in [6, 6.07) is 2.00. The number of aryl methyl sites for hydroxylation is 1. The first-order valence-corrected chi connectivity index (χ1v) is 7.10. The van der Waals surface area contributed by atoms with Gasteiger partial charge in [-0.25, -0.2) is 0 Å². The maximum absolute atomic E-state index is 12.0. The molecule has 0 aliphatic heterocycles. The van der Waals surface area contributed by atoms with E-state index < -0.39 is 0 Å². The monoisotopic (exact) mass is 265 g/mol. The fourth-order valence-corrected chi connectivity index (χ4v) is 2.78. The van der Waals surface area contributed by atoms with Gasteiger partial charge in [-0.3, -0.25) is 9.89 Å². The molecule has 19 heavy (non-hydrogen) atoms. The Balaban J connectivity index is 1.89. The van der Waals surface area contributed by atoms with E-state index in [4.69, 9.17) is 0 Å². The van der Waals surface area contributed by atoms with Crippen molar-refractivity contribution in [3.63, 3.8) is 0 Å². The molecule has 1 aromatic rings. The number of aromatic amines is 1. The van der Waals surface area contributed by atoms with E-state index in [1.54, 1.807) is 0 Å². The largest absolute Gasteiger partial charge is 0.396 e. The van der Waals surface area contributed by atoms with Gasteiger partial charge in [-0.05, 0) is 25.8 Å². The lowest BCUT2D eigenvalue weighted by Crippen LogP contribution is -2.41. The highest BCUT2D eigenvalue weighted by Gasteiger charge is 2.24. The van der Waals surface area contributed by atoms with Crippen LogP contribution < -0.4 is 5.32 Å². The van der Waals surface area contributed by atoms with Gasteiger partial charge in [0.2, 0.25) is 5.91 Å². The van der Waals surface area contributed by atoms with E-state index in [1.807, 2.05) is 13.0 Å². The van der Waals surface area contributed by atoms with Crippen molar-refractivity contribution in [1.29, 1.82) is 0 Å². The van der Waals surface area contributed by atoms with Crippen molar-refractivity contribution in [1.82, 2.24) is 15.5 Å². The first kappa shape index (κ1) is 14.1. The number of nitrogens with one attached hydrogen (secondary N) is 2. The number of aliphatic hydroxyl groups excluding tert-OH is 1. The minimum Gasteiger partial charge on any atom is -0.396 e. The van der Waals surface area contributed by atoms with Gasteiger partial charge in [0, 0.05) is 24.3 Å². The highest BCUT2D eigenvalue weighted by Crippen LogP contribution is 2.23. The number of hydrogen-bond donors (Lipinski definition) is 3. The van der Waals surface area contributed by atoms with Gasteiger partial charge in [-0.1, -0.05) is 19.3 Å². The number of H-pyrrole nitrogens is 1. The lowest BCUT2D eigenvalue weighted by atomic mass is 9.95. The number of carbonyl (C=O) groups is 1. The van der Waals surface area contributed by atoms with Crippen LogP contribution in [-0.2, 0) is 11.2 Å². The highest BCUT2D eigenvalue weighted by molar-refractivity contribution is 5.78. The molecule has 2 unspecified atom stereocenters. The average molecular weight is 265 g/mol. The molecule has 0 saturated heterocycles. The first-order valence-electron chi connectivity index (χ1n) is 7.10. The summed E-state index contributed by atoms with van der Waals surface area (Å²) in [4.78, 5) is 12.0. The Morgan fingerprint density at radius 1 is 1.47 bits per heavy atom. The Labute approximate surface area is 113 Å². The Morgan fingerprint density at radius 2 is 2.26 bits per heavy atom. The molecule has 1 heterocycles. The third kappa shape index (κ3) is 4.06. The van der Waals surface area contributed by atoms with Crippen LogP contribution in [0.3, 0.4) is 0 Å². The maximum atomic E-state index is 12.0. The van der Waals surface area contributed by atoms with Crippen LogP contribution in [0.2, 0.25) is 0 Å². The number of hydrogen-bond acceptors (Lipinski definition) is 3. The molecule has 0 bridgehead atoms. The standard InChI is InChI=1S/C14H23N3O2/c1-10-7-12(17-16-10)8-14(19)15-13-6-4-2-3-5-11(13)9-18/h7,11,13,18H,2-6,8-9H2,1H3,(H,15,19)(H,16,17). The van der Waals surface area contributed by atoms with Gasteiger partial charge < -0.3 is 10.4 Å². The van der Waals surface area contributed by atoms with Crippen LogP contribution in [0.1, 0.15) is 43.5 Å². The number of amides is 1. The second kappa shape index (κ2) is 6.70. The predicted molar refractivity (Wildman–Crippen MR) is 72.6 cm³/mol. The van der Waals surface area contributed by atoms with E-state index in [2.05, 4.69) is 15.5 Å². The summed E-state index contributed by atoms with van der Waals surface area (Å²) in [7, 11) is 0. The molecule has 5 nitrogen and oxygen atoms in total. The number of rotatable bonds is 4. The molecular weight excluding hydrogens is 242 g/mol. The normalized spacial score (nSPS) is 23.9. The van der Waals surface area contributed by atoms with E-state index in [9.17, 15) is 9.90 Å². The predicted octanol–water partition coefficient (Wildman–Crippen LogP) is 1.32.